The van der Waals surface area contributed by atoms with Gasteiger partial charge in [0.25, 0.3) is 11.9 Å². The van der Waals surface area contributed by atoms with Crippen molar-refractivity contribution in [2.45, 2.75) is 18.9 Å². The number of carbonyl (C=O) groups excluding carboxylic acids is 1. The highest BCUT2D eigenvalue weighted by atomic mass is 16.5. The molecule has 1 amide bonds. The van der Waals surface area contributed by atoms with Gasteiger partial charge in [0.1, 0.15) is 12.4 Å². The minimum absolute atomic E-state index is 0.0870. The van der Waals surface area contributed by atoms with Crippen LogP contribution in [-0.2, 0) is 14.2 Å². The molecule has 1 atom stereocenters. The van der Waals surface area contributed by atoms with E-state index in [0.717, 1.165) is 19.4 Å². The summed E-state index contributed by atoms with van der Waals surface area (Å²) in [5.41, 5.74) is 0.496. The fourth-order valence-electron chi connectivity index (χ4n) is 2.23. The zero-order chi connectivity index (χ0) is 17.2. The monoisotopic (exact) mass is 336 g/mol. The lowest BCUT2D eigenvalue weighted by atomic mass is 10.2. The molecule has 1 N–H and O–H groups in total. The summed E-state index contributed by atoms with van der Waals surface area (Å²) in [7, 11) is 3.16. The van der Waals surface area contributed by atoms with Crippen LogP contribution >= 0.6 is 0 Å². The zero-order valence-corrected chi connectivity index (χ0v) is 14.1. The highest BCUT2D eigenvalue weighted by molar-refractivity contribution is 6.04. The van der Waals surface area contributed by atoms with Gasteiger partial charge >= 0.3 is 0 Å². The Bertz CT molecular complexity index is 538. The van der Waals surface area contributed by atoms with Gasteiger partial charge in [0.2, 0.25) is 0 Å². The van der Waals surface area contributed by atoms with Crippen LogP contribution in [0.4, 0.5) is 0 Å². The van der Waals surface area contributed by atoms with Crippen LogP contribution in [0.25, 0.3) is 0 Å². The molecule has 0 aromatic heterocycles. The van der Waals surface area contributed by atoms with Crippen molar-refractivity contribution >= 4 is 11.9 Å². The molecule has 24 heavy (non-hydrogen) atoms. The molecule has 1 heterocycles. The van der Waals surface area contributed by atoms with E-state index < -0.39 is 0 Å². The van der Waals surface area contributed by atoms with Gasteiger partial charge in [-0.1, -0.05) is 0 Å². The first-order chi connectivity index (χ1) is 11.7. The number of ether oxygens (including phenoxy) is 4. The van der Waals surface area contributed by atoms with Crippen LogP contribution in [-0.4, -0.2) is 58.6 Å². The van der Waals surface area contributed by atoms with Crippen LogP contribution in [0.15, 0.2) is 29.3 Å². The molecule has 0 bridgehead atoms. The third-order valence-electron chi connectivity index (χ3n) is 3.56. The highest BCUT2D eigenvalue weighted by Crippen LogP contribution is 2.12. The molecular formula is C17H24N2O5. The van der Waals surface area contributed by atoms with E-state index in [1.54, 1.807) is 38.5 Å². The van der Waals surface area contributed by atoms with Crippen molar-refractivity contribution in [1.82, 2.24) is 5.32 Å². The molecule has 2 rings (SSSR count). The van der Waals surface area contributed by atoms with Crippen LogP contribution < -0.4 is 10.1 Å². The minimum atomic E-state index is -0.291. The standard InChI is InChI=1S/C17H24N2O5/c1-21-10-11-24-17(18-12-15-4-3-9-23-15)19-16(20)13-5-7-14(22-2)8-6-13/h5-8,15H,3-4,9-12H2,1-2H3,(H,18,19,20)/t15-/m0/s1. The number of amidine groups is 1. The van der Waals surface area contributed by atoms with Crippen LogP contribution in [0.2, 0.25) is 0 Å². The fraction of sp³-hybridized carbons (Fsp3) is 0.529. The Hall–Kier alpha value is -2.12. The number of nitrogens with one attached hydrogen (secondary N) is 1. The van der Waals surface area contributed by atoms with Gasteiger partial charge in [-0.25, -0.2) is 4.99 Å². The molecule has 7 heteroatoms. The number of nitrogens with zero attached hydrogens (tertiary/aromatic N) is 1. The molecule has 1 saturated heterocycles. The van der Waals surface area contributed by atoms with Gasteiger partial charge in [0, 0.05) is 19.3 Å². The van der Waals surface area contributed by atoms with E-state index in [0.29, 0.717) is 31.1 Å². The molecule has 1 aliphatic rings. The summed E-state index contributed by atoms with van der Waals surface area (Å²) in [4.78, 5) is 16.6. The Morgan fingerprint density at radius 2 is 2.08 bits per heavy atom. The number of benzene rings is 1. The van der Waals surface area contributed by atoms with Gasteiger partial charge in [-0.3, -0.25) is 10.1 Å². The molecule has 1 aromatic carbocycles. The number of rotatable bonds is 7. The Kier molecular flexibility index (Phi) is 7.51. The molecule has 1 aromatic rings. The summed E-state index contributed by atoms with van der Waals surface area (Å²) in [6, 6.07) is 7.00. The first kappa shape index (κ1) is 18.2. The van der Waals surface area contributed by atoms with Gasteiger partial charge < -0.3 is 18.9 Å². The van der Waals surface area contributed by atoms with E-state index >= 15 is 0 Å². The maximum atomic E-state index is 12.3. The third kappa shape index (κ3) is 5.82. The molecule has 132 valence electrons. The number of carbonyl (C=O) groups is 1. The first-order valence-corrected chi connectivity index (χ1v) is 7.96. The van der Waals surface area contributed by atoms with E-state index in [4.69, 9.17) is 18.9 Å². The van der Waals surface area contributed by atoms with Crippen molar-refractivity contribution < 1.29 is 23.7 Å². The Labute approximate surface area is 142 Å². The van der Waals surface area contributed by atoms with Gasteiger partial charge in [-0.2, -0.15) is 0 Å². The van der Waals surface area contributed by atoms with E-state index in [9.17, 15) is 4.79 Å². The van der Waals surface area contributed by atoms with E-state index in [1.165, 1.54) is 0 Å². The van der Waals surface area contributed by atoms with Crippen molar-refractivity contribution in [1.29, 1.82) is 0 Å². The number of hydrogen-bond donors (Lipinski definition) is 1. The number of methoxy groups -OCH3 is 2. The van der Waals surface area contributed by atoms with Gasteiger partial charge in [-0.15, -0.1) is 0 Å². The molecule has 1 fully saturated rings. The van der Waals surface area contributed by atoms with E-state index in [2.05, 4.69) is 10.3 Å². The first-order valence-electron chi connectivity index (χ1n) is 7.96. The second-order valence-electron chi connectivity index (χ2n) is 5.30. The molecule has 0 unspecified atom stereocenters. The van der Waals surface area contributed by atoms with Crippen LogP contribution in [0.1, 0.15) is 23.2 Å². The lowest BCUT2D eigenvalue weighted by Gasteiger charge is -2.12. The predicted molar refractivity (Wildman–Crippen MR) is 89.6 cm³/mol. The summed E-state index contributed by atoms with van der Waals surface area (Å²) in [5, 5.41) is 2.69. The Morgan fingerprint density at radius 1 is 1.29 bits per heavy atom. The summed E-state index contributed by atoms with van der Waals surface area (Å²) < 4.78 is 21.1. The summed E-state index contributed by atoms with van der Waals surface area (Å²) in [6.45, 7) is 1.95. The maximum Gasteiger partial charge on any atom is 0.291 e. The lowest BCUT2D eigenvalue weighted by Crippen LogP contribution is -2.34. The normalized spacial score (nSPS) is 17.6. The second kappa shape index (κ2) is 9.89. The average Bonchev–Trinajstić information content (AvgIpc) is 3.13. The highest BCUT2D eigenvalue weighted by Gasteiger charge is 2.16. The van der Waals surface area contributed by atoms with Gasteiger partial charge in [-0.05, 0) is 37.1 Å². The van der Waals surface area contributed by atoms with E-state index in [-0.39, 0.29) is 18.0 Å². The lowest BCUT2D eigenvalue weighted by molar-refractivity contribution is 0.0949. The largest absolute Gasteiger partial charge is 0.497 e. The summed E-state index contributed by atoms with van der Waals surface area (Å²) >= 11 is 0. The number of amides is 1. The van der Waals surface area contributed by atoms with E-state index in [1.807, 2.05) is 0 Å². The van der Waals surface area contributed by atoms with Crippen LogP contribution in [0.3, 0.4) is 0 Å². The molecule has 1 aliphatic heterocycles. The Morgan fingerprint density at radius 3 is 2.71 bits per heavy atom. The topological polar surface area (TPSA) is 78.4 Å². The number of aliphatic imine (C=N–C) groups is 1. The van der Waals surface area contributed by atoms with Gasteiger partial charge in [0.15, 0.2) is 0 Å². The number of hydrogen-bond acceptors (Lipinski definition) is 6. The fourth-order valence-corrected chi connectivity index (χ4v) is 2.23. The van der Waals surface area contributed by atoms with Crippen molar-refractivity contribution in [3.05, 3.63) is 29.8 Å². The van der Waals surface area contributed by atoms with Gasteiger partial charge in [0.05, 0.1) is 26.4 Å². The molecule has 0 aliphatic carbocycles. The SMILES string of the molecule is COCCOC(=NC[C@@H]1CCCO1)NC(=O)c1ccc(OC)cc1. The molecule has 7 nitrogen and oxygen atoms in total. The molecule has 0 spiro atoms. The summed E-state index contributed by atoms with van der Waals surface area (Å²) in [6.07, 6.45) is 2.10. The maximum absolute atomic E-state index is 12.3. The summed E-state index contributed by atoms with van der Waals surface area (Å²) in [5.74, 6) is 0.399. The van der Waals surface area contributed by atoms with Crippen molar-refractivity contribution in [2.24, 2.45) is 4.99 Å². The predicted octanol–water partition coefficient (Wildman–Crippen LogP) is 1.62. The minimum Gasteiger partial charge on any atom is -0.497 e. The molecule has 0 saturated carbocycles. The average molecular weight is 336 g/mol. The van der Waals surface area contributed by atoms with Crippen molar-refractivity contribution in [2.75, 3.05) is 40.6 Å². The van der Waals surface area contributed by atoms with Crippen molar-refractivity contribution in [3.8, 4) is 5.75 Å². The quantitative estimate of drug-likeness (QED) is 0.465. The smallest absolute Gasteiger partial charge is 0.291 e. The third-order valence-corrected chi connectivity index (χ3v) is 3.56. The van der Waals surface area contributed by atoms with Crippen LogP contribution in [0.5, 0.6) is 5.75 Å². The molecule has 0 radical (unpaired) electrons. The zero-order valence-electron chi connectivity index (χ0n) is 14.1. The Balaban J connectivity index is 1.96. The van der Waals surface area contributed by atoms with Crippen LogP contribution in [0, 0.1) is 0 Å². The molecular weight excluding hydrogens is 312 g/mol. The second-order valence-corrected chi connectivity index (χ2v) is 5.30. The van der Waals surface area contributed by atoms with Crippen molar-refractivity contribution in [3.63, 3.8) is 0 Å².